The zero-order chi connectivity index (χ0) is 18.1. The molecule has 0 unspecified atom stereocenters. The van der Waals surface area contributed by atoms with Crippen LogP contribution in [0.15, 0.2) is 60.8 Å². The number of benzene rings is 2. The second-order valence-electron chi connectivity index (χ2n) is 6.29. The molecule has 0 aliphatic heterocycles. The van der Waals surface area contributed by atoms with Crippen LogP contribution >= 0.6 is 11.3 Å². The number of hydrogen-bond acceptors (Lipinski definition) is 4. The van der Waals surface area contributed by atoms with Gasteiger partial charge in [-0.25, -0.2) is 9.67 Å². The molecule has 26 heavy (non-hydrogen) atoms. The first-order valence-corrected chi connectivity index (χ1v) is 9.25. The molecule has 0 aliphatic carbocycles. The van der Waals surface area contributed by atoms with Crippen molar-refractivity contribution in [3.05, 3.63) is 72.1 Å². The minimum absolute atomic E-state index is 0.147. The normalized spacial score (nSPS) is 11.2. The van der Waals surface area contributed by atoms with E-state index in [1.54, 1.807) is 6.20 Å². The van der Waals surface area contributed by atoms with Gasteiger partial charge in [-0.3, -0.25) is 10.1 Å². The molecule has 0 fully saturated rings. The average molecular weight is 362 g/mol. The Labute approximate surface area is 155 Å². The quantitative estimate of drug-likeness (QED) is 0.564. The molecule has 0 saturated heterocycles. The summed E-state index contributed by atoms with van der Waals surface area (Å²) in [7, 11) is 0. The van der Waals surface area contributed by atoms with Crippen LogP contribution in [0.4, 0.5) is 5.13 Å². The summed E-state index contributed by atoms with van der Waals surface area (Å²) >= 11 is 1.47. The van der Waals surface area contributed by atoms with Crippen LogP contribution in [-0.2, 0) is 0 Å². The Balaban J connectivity index is 1.68. The SMILES string of the molecule is CC(C)c1c(C(=O)Nc2nc3ccccc3s2)cnn1-c1ccccc1. The number of amides is 1. The Morgan fingerprint density at radius 3 is 2.54 bits per heavy atom. The molecule has 4 rings (SSSR count). The summed E-state index contributed by atoms with van der Waals surface area (Å²) < 4.78 is 2.88. The van der Waals surface area contributed by atoms with Gasteiger partial charge in [0.1, 0.15) is 0 Å². The molecule has 5 nitrogen and oxygen atoms in total. The van der Waals surface area contributed by atoms with Gasteiger partial charge in [-0.05, 0) is 30.2 Å². The minimum Gasteiger partial charge on any atom is -0.298 e. The van der Waals surface area contributed by atoms with Crippen LogP contribution in [0.5, 0.6) is 0 Å². The molecule has 2 aromatic heterocycles. The molecule has 0 radical (unpaired) electrons. The first-order chi connectivity index (χ1) is 12.6. The molecule has 0 spiro atoms. The van der Waals surface area contributed by atoms with E-state index in [0.29, 0.717) is 10.7 Å². The van der Waals surface area contributed by atoms with Gasteiger partial charge >= 0.3 is 0 Å². The number of nitrogens with one attached hydrogen (secondary N) is 1. The maximum absolute atomic E-state index is 12.9. The Kier molecular flexibility index (Phi) is 4.26. The predicted octanol–water partition coefficient (Wildman–Crippen LogP) is 4.86. The van der Waals surface area contributed by atoms with Crippen molar-refractivity contribution in [1.29, 1.82) is 0 Å². The van der Waals surface area contributed by atoms with Gasteiger partial charge < -0.3 is 0 Å². The number of hydrogen-bond donors (Lipinski definition) is 1. The van der Waals surface area contributed by atoms with E-state index in [0.717, 1.165) is 21.6 Å². The fourth-order valence-electron chi connectivity index (χ4n) is 2.95. The topological polar surface area (TPSA) is 59.8 Å². The fourth-order valence-corrected chi connectivity index (χ4v) is 3.81. The van der Waals surface area contributed by atoms with Crippen molar-refractivity contribution in [3.8, 4) is 5.69 Å². The highest BCUT2D eigenvalue weighted by molar-refractivity contribution is 7.22. The number of carbonyl (C=O) groups is 1. The number of fused-ring (bicyclic) bond motifs is 1. The lowest BCUT2D eigenvalue weighted by Gasteiger charge is -2.12. The molecule has 6 heteroatoms. The van der Waals surface area contributed by atoms with Crippen molar-refractivity contribution in [2.24, 2.45) is 0 Å². The van der Waals surface area contributed by atoms with Gasteiger partial charge in [0, 0.05) is 0 Å². The number of thiazole rings is 1. The third-order valence-electron chi connectivity index (χ3n) is 4.11. The van der Waals surface area contributed by atoms with Gasteiger partial charge in [0.2, 0.25) is 0 Å². The van der Waals surface area contributed by atoms with E-state index in [1.165, 1.54) is 11.3 Å². The Bertz CT molecular complexity index is 1030. The van der Waals surface area contributed by atoms with Crippen LogP contribution in [0.3, 0.4) is 0 Å². The maximum atomic E-state index is 12.9. The standard InChI is InChI=1S/C20H18N4OS/c1-13(2)18-15(12-21-24(18)14-8-4-3-5-9-14)19(25)23-20-22-16-10-6-7-11-17(16)26-20/h3-13H,1-2H3,(H,22,23,25). The van der Waals surface area contributed by atoms with Crippen LogP contribution in [0, 0.1) is 0 Å². The van der Waals surface area contributed by atoms with E-state index in [4.69, 9.17) is 0 Å². The third kappa shape index (κ3) is 2.99. The molecule has 0 atom stereocenters. The molecule has 0 bridgehead atoms. The van der Waals surface area contributed by atoms with Gasteiger partial charge in [-0.2, -0.15) is 5.10 Å². The molecule has 4 aromatic rings. The lowest BCUT2D eigenvalue weighted by Crippen LogP contribution is -2.15. The van der Waals surface area contributed by atoms with E-state index in [2.05, 4.69) is 29.2 Å². The van der Waals surface area contributed by atoms with E-state index in [1.807, 2.05) is 59.3 Å². The van der Waals surface area contributed by atoms with Gasteiger partial charge in [0.15, 0.2) is 5.13 Å². The Hall–Kier alpha value is -2.99. The van der Waals surface area contributed by atoms with E-state index < -0.39 is 0 Å². The second-order valence-corrected chi connectivity index (χ2v) is 7.32. The number of aromatic nitrogens is 3. The molecule has 1 N–H and O–H groups in total. The summed E-state index contributed by atoms with van der Waals surface area (Å²) in [5, 5.41) is 7.97. The number of rotatable bonds is 4. The van der Waals surface area contributed by atoms with Gasteiger partial charge in [-0.15, -0.1) is 0 Å². The molecule has 2 aromatic carbocycles. The highest BCUT2D eigenvalue weighted by atomic mass is 32.1. The van der Waals surface area contributed by atoms with Crippen molar-refractivity contribution in [3.63, 3.8) is 0 Å². The number of carbonyl (C=O) groups excluding carboxylic acids is 1. The number of anilines is 1. The molecule has 2 heterocycles. The van der Waals surface area contributed by atoms with Crippen LogP contribution in [0.1, 0.15) is 35.8 Å². The third-order valence-corrected chi connectivity index (χ3v) is 5.06. The number of para-hydroxylation sites is 2. The van der Waals surface area contributed by atoms with Crippen molar-refractivity contribution in [2.45, 2.75) is 19.8 Å². The van der Waals surface area contributed by atoms with Gasteiger partial charge in [-0.1, -0.05) is 55.5 Å². The van der Waals surface area contributed by atoms with Gasteiger partial charge in [0.25, 0.3) is 5.91 Å². The summed E-state index contributed by atoms with van der Waals surface area (Å²) in [6, 6.07) is 17.7. The van der Waals surface area contributed by atoms with Crippen LogP contribution in [0.2, 0.25) is 0 Å². The summed E-state index contributed by atoms with van der Waals surface area (Å²) in [6.07, 6.45) is 1.63. The second kappa shape index (κ2) is 6.72. The molecule has 0 saturated carbocycles. The van der Waals surface area contributed by atoms with Crippen LogP contribution in [-0.4, -0.2) is 20.7 Å². The Morgan fingerprint density at radius 2 is 1.81 bits per heavy atom. The molecular formula is C20H18N4OS. The molecule has 130 valence electrons. The first kappa shape index (κ1) is 16.5. The molecule has 1 amide bonds. The molecular weight excluding hydrogens is 344 g/mol. The smallest absolute Gasteiger partial charge is 0.260 e. The molecule has 0 aliphatic rings. The zero-order valence-corrected chi connectivity index (χ0v) is 15.3. The van der Waals surface area contributed by atoms with E-state index >= 15 is 0 Å². The highest BCUT2D eigenvalue weighted by Crippen LogP contribution is 2.27. The minimum atomic E-state index is -0.185. The van der Waals surface area contributed by atoms with Crippen LogP contribution < -0.4 is 5.32 Å². The van der Waals surface area contributed by atoms with Crippen molar-refractivity contribution in [1.82, 2.24) is 14.8 Å². The zero-order valence-electron chi connectivity index (χ0n) is 14.5. The van der Waals surface area contributed by atoms with Crippen LogP contribution in [0.25, 0.3) is 15.9 Å². The summed E-state index contributed by atoms with van der Waals surface area (Å²) in [5.74, 6) is -0.0382. The van der Waals surface area contributed by atoms with E-state index in [-0.39, 0.29) is 11.8 Å². The first-order valence-electron chi connectivity index (χ1n) is 8.44. The lowest BCUT2D eigenvalue weighted by molar-refractivity contribution is 0.102. The monoisotopic (exact) mass is 362 g/mol. The largest absolute Gasteiger partial charge is 0.298 e. The summed E-state index contributed by atoms with van der Waals surface area (Å²) in [5.41, 5.74) is 3.28. The average Bonchev–Trinajstić information content (AvgIpc) is 3.26. The van der Waals surface area contributed by atoms with Crippen molar-refractivity contribution >= 4 is 32.6 Å². The van der Waals surface area contributed by atoms with Crippen molar-refractivity contribution in [2.75, 3.05) is 5.32 Å². The lowest BCUT2D eigenvalue weighted by atomic mass is 10.1. The highest BCUT2D eigenvalue weighted by Gasteiger charge is 2.21. The predicted molar refractivity (Wildman–Crippen MR) is 105 cm³/mol. The fraction of sp³-hybridized carbons (Fsp3) is 0.150. The van der Waals surface area contributed by atoms with Gasteiger partial charge in [0.05, 0.1) is 33.4 Å². The summed E-state index contributed by atoms with van der Waals surface area (Å²) in [6.45, 7) is 4.12. The Morgan fingerprint density at radius 1 is 1.08 bits per heavy atom. The van der Waals surface area contributed by atoms with E-state index in [9.17, 15) is 4.79 Å². The summed E-state index contributed by atoms with van der Waals surface area (Å²) in [4.78, 5) is 17.3. The number of nitrogens with zero attached hydrogens (tertiary/aromatic N) is 3. The van der Waals surface area contributed by atoms with Crippen molar-refractivity contribution < 1.29 is 4.79 Å². The maximum Gasteiger partial charge on any atom is 0.260 e.